The summed E-state index contributed by atoms with van der Waals surface area (Å²) < 4.78 is 0. The normalized spacial score (nSPS) is 18.0. The van der Waals surface area contributed by atoms with Crippen molar-refractivity contribution in [3.63, 3.8) is 0 Å². The zero-order valence-electron chi connectivity index (χ0n) is 11.0. The summed E-state index contributed by atoms with van der Waals surface area (Å²) in [6.07, 6.45) is 1.18. The van der Waals surface area contributed by atoms with Crippen LogP contribution in [-0.4, -0.2) is 6.54 Å². The summed E-state index contributed by atoms with van der Waals surface area (Å²) in [5.41, 5.74) is 7.07. The van der Waals surface area contributed by atoms with E-state index < -0.39 is 0 Å². The van der Waals surface area contributed by atoms with Gasteiger partial charge in [0, 0.05) is 18.2 Å². The van der Waals surface area contributed by atoms with E-state index in [0.29, 0.717) is 5.92 Å². The molecule has 1 atom stereocenters. The quantitative estimate of drug-likeness (QED) is 0.781. The third-order valence-corrected chi connectivity index (χ3v) is 4.11. The number of hydrogen-bond acceptors (Lipinski definition) is 1. The molecule has 0 radical (unpaired) electrons. The molecule has 0 fully saturated rings. The van der Waals surface area contributed by atoms with Crippen LogP contribution in [0, 0.1) is 13.8 Å². The van der Waals surface area contributed by atoms with E-state index in [9.17, 15) is 0 Å². The van der Waals surface area contributed by atoms with E-state index in [2.05, 4.69) is 61.6 Å². The Morgan fingerprint density at radius 3 is 2.61 bits per heavy atom. The van der Waals surface area contributed by atoms with Crippen molar-refractivity contribution in [3.05, 3.63) is 64.7 Å². The lowest BCUT2D eigenvalue weighted by Gasteiger charge is -2.28. The van der Waals surface area contributed by atoms with Gasteiger partial charge in [-0.3, -0.25) is 0 Å². The molecule has 1 heterocycles. The standard InChI is InChI=1S/C17H19N/c1-12-6-5-8-14(13(12)2)15-10-11-18-17-9-4-3-7-16(15)17/h3-9,15,18H,10-11H2,1-2H3. The number of para-hydroxylation sites is 1. The predicted molar refractivity (Wildman–Crippen MR) is 77.3 cm³/mol. The van der Waals surface area contributed by atoms with Crippen molar-refractivity contribution in [2.24, 2.45) is 0 Å². The fourth-order valence-electron chi connectivity index (χ4n) is 2.94. The van der Waals surface area contributed by atoms with Crippen molar-refractivity contribution >= 4 is 5.69 Å². The zero-order valence-corrected chi connectivity index (χ0v) is 11.0. The van der Waals surface area contributed by atoms with Crippen LogP contribution in [0.3, 0.4) is 0 Å². The molecule has 0 amide bonds. The fraction of sp³-hybridized carbons (Fsp3) is 0.294. The molecule has 1 N–H and O–H groups in total. The lowest BCUT2D eigenvalue weighted by Crippen LogP contribution is -2.18. The monoisotopic (exact) mass is 237 g/mol. The highest BCUT2D eigenvalue weighted by atomic mass is 14.9. The summed E-state index contributed by atoms with van der Waals surface area (Å²) in [5, 5.41) is 3.50. The first-order valence-corrected chi connectivity index (χ1v) is 6.66. The van der Waals surface area contributed by atoms with E-state index in [4.69, 9.17) is 0 Å². The van der Waals surface area contributed by atoms with Crippen molar-refractivity contribution in [2.45, 2.75) is 26.2 Å². The van der Waals surface area contributed by atoms with E-state index in [1.54, 1.807) is 0 Å². The third kappa shape index (κ3) is 1.80. The second-order valence-electron chi connectivity index (χ2n) is 5.14. The molecule has 18 heavy (non-hydrogen) atoms. The molecule has 2 aromatic rings. The lowest BCUT2D eigenvalue weighted by molar-refractivity contribution is 0.715. The Morgan fingerprint density at radius 2 is 1.72 bits per heavy atom. The molecular weight excluding hydrogens is 218 g/mol. The number of hydrogen-bond donors (Lipinski definition) is 1. The van der Waals surface area contributed by atoms with E-state index in [1.165, 1.54) is 34.4 Å². The maximum absolute atomic E-state index is 3.50. The molecule has 0 aliphatic carbocycles. The van der Waals surface area contributed by atoms with Crippen LogP contribution in [0.2, 0.25) is 0 Å². The van der Waals surface area contributed by atoms with Gasteiger partial charge in [0.25, 0.3) is 0 Å². The van der Waals surface area contributed by atoms with Crippen LogP contribution in [0.4, 0.5) is 5.69 Å². The molecule has 3 rings (SSSR count). The van der Waals surface area contributed by atoms with Crippen LogP contribution in [0.15, 0.2) is 42.5 Å². The van der Waals surface area contributed by atoms with Gasteiger partial charge < -0.3 is 5.32 Å². The molecule has 1 aliphatic rings. The van der Waals surface area contributed by atoms with Gasteiger partial charge in [0.2, 0.25) is 0 Å². The van der Waals surface area contributed by atoms with Crippen molar-refractivity contribution in [1.82, 2.24) is 0 Å². The first kappa shape index (κ1) is 11.3. The SMILES string of the molecule is Cc1cccc(C2CCNc3ccccc32)c1C. The first-order valence-electron chi connectivity index (χ1n) is 6.66. The zero-order chi connectivity index (χ0) is 12.5. The van der Waals surface area contributed by atoms with Gasteiger partial charge in [0.05, 0.1) is 0 Å². The second-order valence-corrected chi connectivity index (χ2v) is 5.14. The van der Waals surface area contributed by atoms with Crippen molar-refractivity contribution < 1.29 is 0 Å². The van der Waals surface area contributed by atoms with Gasteiger partial charge in [0.15, 0.2) is 0 Å². The van der Waals surface area contributed by atoms with Crippen molar-refractivity contribution in [3.8, 4) is 0 Å². The molecule has 0 bridgehead atoms. The highest BCUT2D eigenvalue weighted by Crippen LogP contribution is 2.37. The van der Waals surface area contributed by atoms with E-state index in [0.717, 1.165) is 6.54 Å². The predicted octanol–water partition coefficient (Wildman–Crippen LogP) is 4.25. The Kier molecular flexibility index (Phi) is 2.83. The molecule has 92 valence electrons. The van der Waals surface area contributed by atoms with E-state index in [-0.39, 0.29) is 0 Å². The average molecular weight is 237 g/mol. The van der Waals surface area contributed by atoms with Gasteiger partial charge in [-0.05, 0) is 48.6 Å². The van der Waals surface area contributed by atoms with Crippen LogP contribution in [-0.2, 0) is 0 Å². The molecule has 0 saturated carbocycles. The minimum atomic E-state index is 0.544. The molecule has 2 aromatic carbocycles. The summed E-state index contributed by atoms with van der Waals surface area (Å²) in [6.45, 7) is 5.51. The highest BCUT2D eigenvalue weighted by Gasteiger charge is 2.22. The van der Waals surface area contributed by atoms with Crippen LogP contribution < -0.4 is 5.32 Å². The smallest absolute Gasteiger partial charge is 0.0379 e. The van der Waals surface area contributed by atoms with Gasteiger partial charge >= 0.3 is 0 Å². The van der Waals surface area contributed by atoms with Crippen molar-refractivity contribution in [2.75, 3.05) is 11.9 Å². The molecule has 0 aromatic heterocycles. The van der Waals surface area contributed by atoms with Gasteiger partial charge in [-0.25, -0.2) is 0 Å². The van der Waals surface area contributed by atoms with Gasteiger partial charge in [-0.2, -0.15) is 0 Å². The van der Waals surface area contributed by atoms with Crippen molar-refractivity contribution in [1.29, 1.82) is 0 Å². The average Bonchev–Trinajstić information content (AvgIpc) is 2.41. The van der Waals surface area contributed by atoms with Crippen LogP contribution in [0.1, 0.15) is 34.6 Å². The molecule has 1 nitrogen and oxygen atoms in total. The maximum Gasteiger partial charge on any atom is 0.0379 e. The van der Waals surface area contributed by atoms with E-state index in [1.807, 2.05) is 0 Å². The number of nitrogens with one attached hydrogen (secondary N) is 1. The lowest BCUT2D eigenvalue weighted by atomic mass is 9.82. The maximum atomic E-state index is 3.50. The minimum absolute atomic E-state index is 0.544. The van der Waals surface area contributed by atoms with E-state index >= 15 is 0 Å². The summed E-state index contributed by atoms with van der Waals surface area (Å²) >= 11 is 0. The Morgan fingerprint density at radius 1 is 0.944 bits per heavy atom. The first-order chi connectivity index (χ1) is 8.77. The molecule has 1 unspecified atom stereocenters. The second kappa shape index (κ2) is 4.49. The largest absolute Gasteiger partial charge is 0.385 e. The number of fused-ring (bicyclic) bond motifs is 1. The topological polar surface area (TPSA) is 12.0 Å². The Bertz CT molecular complexity index is 572. The Labute approximate surface area is 109 Å². The molecular formula is C17H19N. The van der Waals surface area contributed by atoms with Gasteiger partial charge in [-0.1, -0.05) is 36.4 Å². The number of anilines is 1. The summed E-state index contributed by atoms with van der Waals surface area (Å²) in [6, 6.07) is 15.4. The third-order valence-electron chi connectivity index (χ3n) is 4.11. The summed E-state index contributed by atoms with van der Waals surface area (Å²) in [7, 11) is 0. The van der Waals surface area contributed by atoms with Gasteiger partial charge in [0.1, 0.15) is 0 Å². The number of benzene rings is 2. The summed E-state index contributed by atoms with van der Waals surface area (Å²) in [4.78, 5) is 0. The highest BCUT2D eigenvalue weighted by molar-refractivity contribution is 5.58. The number of aryl methyl sites for hydroxylation is 1. The van der Waals surface area contributed by atoms with Crippen LogP contribution in [0.5, 0.6) is 0 Å². The minimum Gasteiger partial charge on any atom is -0.385 e. The molecule has 0 saturated heterocycles. The fourth-order valence-corrected chi connectivity index (χ4v) is 2.94. The summed E-state index contributed by atoms with van der Waals surface area (Å²) in [5.74, 6) is 0.544. The van der Waals surface area contributed by atoms with Gasteiger partial charge in [-0.15, -0.1) is 0 Å². The molecule has 0 spiro atoms. The van der Waals surface area contributed by atoms with Crippen LogP contribution in [0.25, 0.3) is 0 Å². The molecule has 1 heteroatoms. The molecule has 1 aliphatic heterocycles. The van der Waals surface area contributed by atoms with Crippen LogP contribution >= 0.6 is 0 Å². The Hall–Kier alpha value is -1.76. The Balaban J connectivity index is 2.11. The number of rotatable bonds is 1.